The fourth-order valence-corrected chi connectivity index (χ4v) is 2.24. The standard InChI is InChI=1S/C16H25N3O/c1-5-19(13(2)12-18(3)4)16(20)10-9-14-7-6-8-15(17)11-14/h6-11,13H,5,12,17H2,1-4H3/b10-9+. The van der Waals surface area contributed by atoms with Gasteiger partial charge in [-0.15, -0.1) is 0 Å². The van der Waals surface area contributed by atoms with Crippen molar-refractivity contribution in [2.24, 2.45) is 0 Å². The monoisotopic (exact) mass is 275 g/mol. The molecular weight excluding hydrogens is 250 g/mol. The number of nitrogens with two attached hydrogens (primary N) is 1. The summed E-state index contributed by atoms with van der Waals surface area (Å²) in [4.78, 5) is 16.2. The average Bonchev–Trinajstić information content (AvgIpc) is 2.36. The number of hydrogen-bond acceptors (Lipinski definition) is 3. The molecular formula is C16H25N3O. The Morgan fingerprint density at radius 3 is 2.65 bits per heavy atom. The van der Waals surface area contributed by atoms with Crippen molar-refractivity contribution in [3.63, 3.8) is 0 Å². The molecule has 1 unspecified atom stereocenters. The van der Waals surface area contributed by atoms with Crippen LogP contribution in [0, 0.1) is 0 Å². The quantitative estimate of drug-likeness (QED) is 0.639. The molecule has 20 heavy (non-hydrogen) atoms. The molecule has 0 saturated heterocycles. The molecule has 4 heteroatoms. The van der Waals surface area contributed by atoms with Crippen LogP contribution in [0.15, 0.2) is 30.3 Å². The van der Waals surface area contributed by atoms with Crippen LogP contribution in [0.1, 0.15) is 19.4 Å². The van der Waals surface area contributed by atoms with Crippen LogP contribution in [0.25, 0.3) is 6.08 Å². The average molecular weight is 275 g/mol. The summed E-state index contributed by atoms with van der Waals surface area (Å²) in [7, 11) is 4.02. The molecule has 4 nitrogen and oxygen atoms in total. The molecule has 1 rings (SSSR count). The molecule has 1 aromatic carbocycles. The Hall–Kier alpha value is -1.81. The number of likely N-dealkylation sites (N-methyl/N-ethyl adjacent to an activating group) is 2. The van der Waals surface area contributed by atoms with E-state index in [9.17, 15) is 4.79 Å². The van der Waals surface area contributed by atoms with Crippen LogP contribution in [0.5, 0.6) is 0 Å². The molecule has 0 aromatic heterocycles. The van der Waals surface area contributed by atoms with Crippen molar-refractivity contribution >= 4 is 17.7 Å². The topological polar surface area (TPSA) is 49.6 Å². The van der Waals surface area contributed by atoms with Crippen LogP contribution in [-0.2, 0) is 4.79 Å². The molecule has 1 aromatic rings. The van der Waals surface area contributed by atoms with E-state index in [-0.39, 0.29) is 11.9 Å². The SMILES string of the molecule is CCN(C(=O)/C=C/c1cccc(N)c1)C(C)CN(C)C. The van der Waals surface area contributed by atoms with Crippen molar-refractivity contribution in [3.8, 4) is 0 Å². The van der Waals surface area contributed by atoms with Gasteiger partial charge in [0.05, 0.1) is 0 Å². The molecule has 0 bridgehead atoms. The van der Waals surface area contributed by atoms with Gasteiger partial charge in [0.1, 0.15) is 0 Å². The highest BCUT2D eigenvalue weighted by atomic mass is 16.2. The lowest BCUT2D eigenvalue weighted by atomic mass is 10.2. The van der Waals surface area contributed by atoms with Gasteiger partial charge in [0, 0.05) is 30.9 Å². The predicted octanol–water partition coefficient (Wildman–Crippen LogP) is 2.08. The molecule has 0 aliphatic heterocycles. The summed E-state index contributed by atoms with van der Waals surface area (Å²) >= 11 is 0. The number of nitrogens with zero attached hydrogens (tertiary/aromatic N) is 2. The first-order valence-corrected chi connectivity index (χ1v) is 6.93. The largest absolute Gasteiger partial charge is 0.399 e. The van der Waals surface area contributed by atoms with Gasteiger partial charge in [-0.1, -0.05) is 12.1 Å². The minimum atomic E-state index is 0.0317. The second-order valence-corrected chi connectivity index (χ2v) is 5.24. The fraction of sp³-hybridized carbons (Fsp3) is 0.438. The molecule has 0 saturated carbocycles. The van der Waals surface area contributed by atoms with E-state index in [2.05, 4.69) is 11.8 Å². The highest BCUT2D eigenvalue weighted by Crippen LogP contribution is 2.09. The van der Waals surface area contributed by atoms with Gasteiger partial charge >= 0.3 is 0 Å². The number of carbonyl (C=O) groups excluding carboxylic acids is 1. The van der Waals surface area contributed by atoms with Gasteiger partial charge in [0.15, 0.2) is 0 Å². The van der Waals surface area contributed by atoms with Crippen LogP contribution >= 0.6 is 0 Å². The summed E-state index contributed by atoms with van der Waals surface area (Å²) in [5.41, 5.74) is 7.36. The predicted molar refractivity (Wildman–Crippen MR) is 85.3 cm³/mol. The Morgan fingerprint density at radius 1 is 1.40 bits per heavy atom. The van der Waals surface area contributed by atoms with E-state index < -0.39 is 0 Å². The lowest BCUT2D eigenvalue weighted by molar-refractivity contribution is -0.127. The number of anilines is 1. The van der Waals surface area contributed by atoms with Crippen LogP contribution in [0.3, 0.4) is 0 Å². The van der Waals surface area contributed by atoms with Crippen molar-refractivity contribution in [3.05, 3.63) is 35.9 Å². The first-order valence-electron chi connectivity index (χ1n) is 6.93. The van der Waals surface area contributed by atoms with Crippen LogP contribution < -0.4 is 5.73 Å². The van der Waals surface area contributed by atoms with Crippen molar-refractivity contribution in [2.75, 3.05) is 32.9 Å². The molecule has 0 fully saturated rings. The summed E-state index contributed by atoms with van der Waals surface area (Å²) in [5.74, 6) is 0.0317. The Bertz CT molecular complexity index is 469. The number of benzene rings is 1. The maximum Gasteiger partial charge on any atom is 0.246 e. The minimum Gasteiger partial charge on any atom is -0.399 e. The second kappa shape index (κ2) is 7.70. The van der Waals surface area contributed by atoms with Gasteiger partial charge in [0.25, 0.3) is 0 Å². The van der Waals surface area contributed by atoms with Crippen LogP contribution in [0.2, 0.25) is 0 Å². The van der Waals surface area contributed by atoms with E-state index >= 15 is 0 Å². The van der Waals surface area contributed by atoms with E-state index in [0.717, 1.165) is 12.1 Å². The molecule has 0 aliphatic rings. The van der Waals surface area contributed by atoms with E-state index in [4.69, 9.17) is 5.73 Å². The Balaban J connectivity index is 2.72. The van der Waals surface area contributed by atoms with Crippen molar-refractivity contribution in [1.29, 1.82) is 0 Å². The van der Waals surface area contributed by atoms with E-state index in [1.165, 1.54) is 0 Å². The van der Waals surface area contributed by atoms with Crippen LogP contribution in [0.4, 0.5) is 5.69 Å². The number of carbonyl (C=O) groups is 1. The smallest absolute Gasteiger partial charge is 0.246 e. The van der Waals surface area contributed by atoms with Gasteiger partial charge in [-0.3, -0.25) is 4.79 Å². The number of amides is 1. The molecule has 2 N–H and O–H groups in total. The third-order valence-corrected chi connectivity index (χ3v) is 3.11. The molecule has 0 aliphatic carbocycles. The lowest BCUT2D eigenvalue weighted by Crippen LogP contribution is -2.42. The molecule has 0 spiro atoms. The Morgan fingerprint density at radius 2 is 2.10 bits per heavy atom. The number of rotatable bonds is 6. The summed E-state index contributed by atoms with van der Waals surface area (Å²) in [6.45, 7) is 5.62. The van der Waals surface area contributed by atoms with Gasteiger partial charge in [-0.2, -0.15) is 0 Å². The van der Waals surface area contributed by atoms with Gasteiger partial charge in [0.2, 0.25) is 5.91 Å². The van der Waals surface area contributed by atoms with Gasteiger partial charge in [-0.25, -0.2) is 0 Å². The Labute approximate surface area is 121 Å². The highest BCUT2D eigenvalue weighted by molar-refractivity contribution is 5.92. The van der Waals surface area contributed by atoms with Crippen molar-refractivity contribution in [1.82, 2.24) is 9.80 Å². The number of hydrogen-bond donors (Lipinski definition) is 1. The van der Waals surface area contributed by atoms with Crippen LogP contribution in [-0.4, -0.2) is 48.9 Å². The summed E-state index contributed by atoms with van der Waals surface area (Å²) < 4.78 is 0. The molecule has 0 radical (unpaired) electrons. The fourth-order valence-electron chi connectivity index (χ4n) is 2.24. The molecule has 1 atom stereocenters. The van der Waals surface area contributed by atoms with Gasteiger partial charge in [-0.05, 0) is 51.7 Å². The summed E-state index contributed by atoms with van der Waals surface area (Å²) in [6.07, 6.45) is 3.42. The minimum absolute atomic E-state index is 0.0317. The zero-order valence-electron chi connectivity index (χ0n) is 12.8. The first kappa shape index (κ1) is 16.2. The third kappa shape index (κ3) is 5.05. The first-order chi connectivity index (χ1) is 9.43. The number of nitrogen functional groups attached to an aromatic ring is 1. The lowest BCUT2D eigenvalue weighted by Gasteiger charge is -2.29. The zero-order chi connectivity index (χ0) is 15.1. The maximum absolute atomic E-state index is 12.2. The van der Waals surface area contributed by atoms with Crippen molar-refractivity contribution in [2.45, 2.75) is 19.9 Å². The molecule has 110 valence electrons. The summed E-state index contributed by atoms with van der Waals surface area (Å²) in [5, 5.41) is 0. The third-order valence-electron chi connectivity index (χ3n) is 3.11. The molecule has 0 heterocycles. The normalized spacial score (nSPS) is 12.8. The molecule has 1 amide bonds. The summed E-state index contributed by atoms with van der Waals surface area (Å²) in [6, 6.07) is 7.68. The second-order valence-electron chi connectivity index (χ2n) is 5.24. The zero-order valence-corrected chi connectivity index (χ0v) is 12.8. The van der Waals surface area contributed by atoms with E-state index in [1.807, 2.05) is 56.3 Å². The maximum atomic E-state index is 12.2. The van der Waals surface area contributed by atoms with E-state index in [0.29, 0.717) is 12.2 Å². The highest BCUT2D eigenvalue weighted by Gasteiger charge is 2.16. The van der Waals surface area contributed by atoms with Crippen molar-refractivity contribution < 1.29 is 4.79 Å². The van der Waals surface area contributed by atoms with E-state index in [1.54, 1.807) is 6.08 Å². The van der Waals surface area contributed by atoms with Gasteiger partial charge < -0.3 is 15.5 Å². The Kier molecular flexibility index (Phi) is 6.25.